The van der Waals surface area contributed by atoms with E-state index in [1.807, 2.05) is 30.3 Å². The van der Waals surface area contributed by atoms with Crippen LogP contribution < -0.4 is 0 Å². The quantitative estimate of drug-likeness (QED) is 0.547. The first-order valence-electron chi connectivity index (χ1n) is 11.4. The minimum Gasteiger partial charge on any atom is -0.358 e. The van der Waals surface area contributed by atoms with Gasteiger partial charge in [0.25, 0.3) is 0 Å². The molecule has 2 aromatic carbocycles. The first-order valence-corrected chi connectivity index (χ1v) is 12.8. The first kappa shape index (κ1) is 20.5. The zero-order valence-electron chi connectivity index (χ0n) is 18.1. The number of sulfonamides is 1. The molecule has 2 aliphatic rings. The van der Waals surface area contributed by atoms with E-state index >= 15 is 0 Å². The van der Waals surface area contributed by atoms with E-state index in [1.54, 1.807) is 4.31 Å². The lowest BCUT2D eigenvalue weighted by Gasteiger charge is -2.26. The van der Waals surface area contributed by atoms with Crippen LogP contribution in [0.5, 0.6) is 0 Å². The maximum Gasteiger partial charge on any atom is 0.243 e. The molecule has 5 heteroatoms. The fraction of sp³-hybridized carbons (Fsp3) is 0.385. The molecule has 162 valence electrons. The largest absolute Gasteiger partial charge is 0.358 e. The van der Waals surface area contributed by atoms with E-state index in [2.05, 4.69) is 36.2 Å². The highest BCUT2D eigenvalue weighted by atomic mass is 32.2. The van der Waals surface area contributed by atoms with Crippen LogP contribution in [0, 0.1) is 6.92 Å². The Bertz CT molecular complexity index is 1220. The smallest absolute Gasteiger partial charge is 0.243 e. The highest BCUT2D eigenvalue weighted by molar-refractivity contribution is 7.89. The van der Waals surface area contributed by atoms with Crippen LogP contribution in [0.15, 0.2) is 59.5 Å². The maximum absolute atomic E-state index is 13.2. The van der Waals surface area contributed by atoms with Crippen molar-refractivity contribution < 1.29 is 8.42 Å². The van der Waals surface area contributed by atoms with Crippen molar-refractivity contribution >= 4 is 26.5 Å². The van der Waals surface area contributed by atoms with E-state index in [4.69, 9.17) is 0 Å². The summed E-state index contributed by atoms with van der Waals surface area (Å²) in [5.41, 5.74) is 6.01. The molecule has 0 amide bonds. The van der Waals surface area contributed by atoms with Crippen LogP contribution in [0.1, 0.15) is 61.3 Å². The molecule has 0 bridgehead atoms. The number of benzene rings is 2. The minimum atomic E-state index is -3.47. The Morgan fingerprint density at radius 3 is 2.42 bits per heavy atom. The van der Waals surface area contributed by atoms with Crippen molar-refractivity contribution in [3.8, 4) is 0 Å². The third-order valence-electron chi connectivity index (χ3n) is 6.98. The predicted molar refractivity (Wildman–Crippen MR) is 127 cm³/mol. The summed E-state index contributed by atoms with van der Waals surface area (Å²) in [7, 11) is -3.47. The molecule has 1 N–H and O–H groups in total. The summed E-state index contributed by atoms with van der Waals surface area (Å²) in [6.07, 6.45) is 9.14. The van der Waals surface area contributed by atoms with Crippen LogP contribution in [-0.2, 0) is 10.0 Å². The Labute approximate surface area is 185 Å². The molecular weight excluding hydrogens is 404 g/mol. The predicted octanol–water partition coefficient (Wildman–Crippen LogP) is 6.00. The van der Waals surface area contributed by atoms with Crippen molar-refractivity contribution in [3.63, 3.8) is 0 Å². The second-order valence-corrected chi connectivity index (χ2v) is 10.9. The maximum atomic E-state index is 13.2. The van der Waals surface area contributed by atoms with Gasteiger partial charge in [0.05, 0.1) is 4.90 Å². The van der Waals surface area contributed by atoms with Gasteiger partial charge in [-0.1, -0.05) is 55.7 Å². The fourth-order valence-electron chi connectivity index (χ4n) is 5.28. The second-order valence-electron chi connectivity index (χ2n) is 8.92. The molecule has 1 aliphatic heterocycles. The number of hydrogen-bond donors (Lipinski definition) is 1. The van der Waals surface area contributed by atoms with Gasteiger partial charge in [0.1, 0.15) is 0 Å². The SMILES string of the molecule is Cc1[nH]c2ccccc2c1C1=CCN(S(=O)(=O)c2ccc(C3CCCCC3)cc2)CC1. The topological polar surface area (TPSA) is 53.2 Å². The van der Waals surface area contributed by atoms with Gasteiger partial charge in [-0.2, -0.15) is 4.31 Å². The van der Waals surface area contributed by atoms with Crippen LogP contribution >= 0.6 is 0 Å². The summed E-state index contributed by atoms with van der Waals surface area (Å²) in [5, 5.41) is 1.21. The molecule has 0 unspecified atom stereocenters. The van der Waals surface area contributed by atoms with E-state index in [-0.39, 0.29) is 0 Å². The van der Waals surface area contributed by atoms with E-state index < -0.39 is 10.0 Å². The van der Waals surface area contributed by atoms with Gasteiger partial charge in [0, 0.05) is 35.2 Å². The lowest BCUT2D eigenvalue weighted by Crippen LogP contribution is -2.34. The van der Waals surface area contributed by atoms with Crippen LogP contribution in [0.25, 0.3) is 16.5 Å². The van der Waals surface area contributed by atoms with Gasteiger partial charge in [-0.25, -0.2) is 8.42 Å². The molecule has 0 radical (unpaired) electrons. The highest BCUT2D eigenvalue weighted by Gasteiger charge is 2.28. The normalized spacial score (nSPS) is 18.9. The number of aryl methyl sites for hydroxylation is 1. The average molecular weight is 435 g/mol. The number of aromatic nitrogens is 1. The van der Waals surface area contributed by atoms with Crippen molar-refractivity contribution in [2.45, 2.75) is 56.3 Å². The molecule has 3 aromatic rings. The third kappa shape index (κ3) is 3.85. The molecule has 5 rings (SSSR count). The number of aromatic amines is 1. The summed E-state index contributed by atoms with van der Waals surface area (Å²) in [4.78, 5) is 3.86. The Hall–Kier alpha value is -2.37. The molecule has 0 atom stereocenters. The number of H-pyrrole nitrogens is 1. The summed E-state index contributed by atoms with van der Waals surface area (Å²) < 4.78 is 28.1. The van der Waals surface area contributed by atoms with Crippen molar-refractivity contribution in [3.05, 3.63) is 71.4 Å². The third-order valence-corrected chi connectivity index (χ3v) is 8.86. The number of fused-ring (bicyclic) bond motifs is 1. The molecule has 2 heterocycles. The molecule has 1 aromatic heterocycles. The van der Waals surface area contributed by atoms with Crippen LogP contribution in [0.2, 0.25) is 0 Å². The van der Waals surface area contributed by atoms with Gasteiger partial charge in [-0.15, -0.1) is 0 Å². The number of rotatable bonds is 4. The molecule has 4 nitrogen and oxygen atoms in total. The number of nitrogens with one attached hydrogen (secondary N) is 1. The monoisotopic (exact) mass is 434 g/mol. The van der Waals surface area contributed by atoms with E-state index in [1.165, 1.54) is 54.2 Å². The molecule has 0 saturated heterocycles. The average Bonchev–Trinajstić information content (AvgIpc) is 3.15. The van der Waals surface area contributed by atoms with E-state index in [0.717, 1.165) is 17.6 Å². The summed E-state index contributed by atoms with van der Waals surface area (Å²) >= 11 is 0. The number of hydrogen-bond acceptors (Lipinski definition) is 2. The fourth-order valence-corrected chi connectivity index (χ4v) is 6.66. The van der Waals surface area contributed by atoms with Crippen molar-refractivity contribution in [1.29, 1.82) is 0 Å². The Balaban J connectivity index is 1.35. The van der Waals surface area contributed by atoms with Gasteiger partial charge in [0.2, 0.25) is 10.0 Å². The lowest BCUT2D eigenvalue weighted by molar-refractivity contribution is 0.439. The number of para-hydroxylation sites is 1. The molecular formula is C26H30N2O2S. The van der Waals surface area contributed by atoms with Crippen LogP contribution in [-0.4, -0.2) is 30.8 Å². The molecule has 1 fully saturated rings. The molecule has 1 aliphatic carbocycles. The van der Waals surface area contributed by atoms with Crippen LogP contribution in [0.3, 0.4) is 0 Å². The first-order chi connectivity index (χ1) is 15.0. The Morgan fingerprint density at radius 2 is 1.71 bits per heavy atom. The van der Waals surface area contributed by atoms with E-state index in [0.29, 0.717) is 23.9 Å². The molecule has 31 heavy (non-hydrogen) atoms. The van der Waals surface area contributed by atoms with Crippen molar-refractivity contribution in [2.75, 3.05) is 13.1 Å². The summed E-state index contributed by atoms with van der Waals surface area (Å²) in [6, 6.07) is 16.0. The Morgan fingerprint density at radius 1 is 0.968 bits per heavy atom. The van der Waals surface area contributed by atoms with Crippen molar-refractivity contribution in [1.82, 2.24) is 9.29 Å². The lowest BCUT2D eigenvalue weighted by atomic mass is 9.84. The van der Waals surface area contributed by atoms with Gasteiger partial charge in [-0.05, 0) is 61.4 Å². The van der Waals surface area contributed by atoms with E-state index in [9.17, 15) is 8.42 Å². The van der Waals surface area contributed by atoms with Crippen molar-refractivity contribution in [2.24, 2.45) is 0 Å². The van der Waals surface area contributed by atoms with Gasteiger partial charge >= 0.3 is 0 Å². The zero-order valence-corrected chi connectivity index (χ0v) is 18.9. The summed E-state index contributed by atoms with van der Waals surface area (Å²) in [5.74, 6) is 0.588. The number of nitrogens with zero attached hydrogens (tertiary/aromatic N) is 1. The molecule has 0 spiro atoms. The standard InChI is InChI=1S/C26H30N2O2S/c1-19-26(24-9-5-6-10-25(24)27-19)22-15-17-28(18-16-22)31(29,30)23-13-11-21(12-14-23)20-7-3-2-4-8-20/h5-6,9-15,20,27H,2-4,7-8,16-18H2,1H3. The molecule has 1 saturated carbocycles. The van der Waals surface area contributed by atoms with Gasteiger partial charge in [-0.3, -0.25) is 0 Å². The minimum absolute atomic E-state index is 0.409. The second kappa shape index (κ2) is 8.29. The Kier molecular flexibility index (Phi) is 5.49. The van der Waals surface area contributed by atoms with Gasteiger partial charge in [0.15, 0.2) is 0 Å². The van der Waals surface area contributed by atoms with Crippen LogP contribution in [0.4, 0.5) is 0 Å². The summed E-state index contributed by atoms with van der Waals surface area (Å²) in [6.45, 7) is 3.02. The highest BCUT2D eigenvalue weighted by Crippen LogP contribution is 2.35. The zero-order chi connectivity index (χ0) is 21.4. The van der Waals surface area contributed by atoms with Gasteiger partial charge < -0.3 is 4.98 Å².